The van der Waals surface area contributed by atoms with Gasteiger partial charge in [0.1, 0.15) is 5.75 Å². The Morgan fingerprint density at radius 2 is 2.29 bits per heavy atom. The van der Waals surface area contributed by atoms with Crippen molar-refractivity contribution in [3.8, 4) is 10.8 Å². The Bertz CT molecular complexity index is 464. The Labute approximate surface area is 94.3 Å². The van der Waals surface area contributed by atoms with Crippen LogP contribution in [-0.2, 0) is 5.33 Å². The van der Waals surface area contributed by atoms with Crippen LogP contribution in [0.25, 0.3) is 10.1 Å². The molecule has 0 radical (unpaired) electrons. The minimum Gasteiger partial charge on any atom is -0.499 e. The highest BCUT2D eigenvalue weighted by Gasteiger charge is 2.10. The van der Waals surface area contributed by atoms with E-state index in [4.69, 9.17) is 4.74 Å². The molecule has 0 aliphatic carbocycles. The number of halogens is 1. The summed E-state index contributed by atoms with van der Waals surface area (Å²) < 4.78 is 6.22. The van der Waals surface area contributed by atoms with Gasteiger partial charge in [0.15, 0.2) is 5.06 Å². The Kier molecular flexibility index (Phi) is 2.65. The first-order valence-electron chi connectivity index (χ1n) is 4.10. The van der Waals surface area contributed by atoms with Crippen molar-refractivity contribution in [1.29, 1.82) is 0 Å². The van der Waals surface area contributed by atoms with Crippen molar-refractivity contribution in [2.45, 2.75) is 5.33 Å². The fraction of sp³-hybridized carbons (Fsp3) is 0.200. The topological polar surface area (TPSA) is 29.5 Å². The minimum atomic E-state index is 0.380. The number of rotatable bonds is 2. The molecule has 0 unspecified atom stereocenters. The molecule has 0 saturated carbocycles. The van der Waals surface area contributed by atoms with E-state index < -0.39 is 0 Å². The Balaban J connectivity index is 2.71. The first kappa shape index (κ1) is 9.80. The van der Waals surface area contributed by atoms with Crippen LogP contribution in [0, 0.1) is 0 Å². The summed E-state index contributed by atoms with van der Waals surface area (Å²) in [4.78, 5) is 0. The van der Waals surface area contributed by atoms with Gasteiger partial charge in [0.05, 0.1) is 7.11 Å². The molecular formula is C10H9BrO2S. The molecule has 0 saturated heterocycles. The van der Waals surface area contributed by atoms with Crippen molar-refractivity contribution >= 4 is 37.4 Å². The largest absolute Gasteiger partial charge is 0.499 e. The summed E-state index contributed by atoms with van der Waals surface area (Å²) in [6.45, 7) is 0. The lowest BCUT2D eigenvalue weighted by Gasteiger charge is -1.99. The van der Waals surface area contributed by atoms with Crippen molar-refractivity contribution in [1.82, 2.24) is 0 Å². The second-order valence-corrected chi connectivity index (χ2v) is 4.47. The van der Waals surface area contributed by atoms with Crippen molar-refractivity contribution in [3.05, 3.63) is 23.8 Å². The molecule has 1 aromatic heterocycles. The molecule has 14 heavy (non-hydrogen) atoms. The molecule has 0 aliphatic heterocycles. The van der Waals surface area contributed by atoms with Crippen LogP contribution in [0.15, 0.2) is 18.2 Å². The molecule has 1 N–H and O–H groups in total. The molecule has 2 aromatic rings. The van der Waals surface area contributed by atoms with Crippen LogP contribution in [0.2, 0.25) is 0 Å². The fourth-order valence-corrected chi connectivity index (χ4v) is 3.07. The summed E-state index contributed by atoms with van der Waals surface area (Å²) in [5, 5.41) is 11.7. The summed E-state index contributed by atoms with van der Waals surface area (Å²) >= 11 is 4.75. The van der Waals surface area contributed by atoms with E-state index in [1.165, 1.54) is 11.3 Å². The average molecular weight is 273 g/mol. The lowest BCUT2D eigenvalue weighted by Crippen LogP contribution is -1.81. The van der Waals surface area contributed by atoms with Gasteiger partial charge in [0, 0.05) is 21.0 Å². The van der Waals surface area contributed by atoms with Crippen LogP contribution >= 0.6 is 27.3 Å². The van der Waals surface area contributed by atoms with Crippen LogP contribution in [-0.4, -0.2) is 12.2 Å². The predicted octanol–water partition coefficient (Wildman–Crippen LogP) is 3.51. The third-order valence-corrected chi connectivity index (χ3v) is 3.69. The molecule has 0 spiro atoms. The van der Waals surface area contributed by atoms with Gasteiger partial charge in [-0.15, -0.1) is 0 Å². The Morgan fingerprint density at radius 3 is 2.93 bits per heavy atom. The van der Waals surface area contributed by atoms with Crippen molar-refractivity contribution in [2.75, 3.05) is 7.11 Å². The van der Waals surface area contributed by atoms with E-state index in [9.17, 15) is 5.11 Å². The van der Waals surface area contributed by atoms with E-state index >= 15 is 0 Å². The number of methoxy groups -OCH3 is 1. The van der Waals surface area contributed by atoms with Crippen LogP contribution in [0.3, 0.4) is 0 Å². The molecule has 4 heteroatoms. The van der Waals surface area contributed by atoms with Gasteiger partial charge >= 0.3 is 0 Å². The summed E-state index contributed by atoms with van der Waals surface area (Å²) in [5.74, 6) is 0.817. The number of aromatic hydroxyl groups is 1. The summed E-state index contributed by atoms with van der Waals surface area (Å²) in [6.07, 6.45) is 0. The van der Waals surface area contributed by atoms with E-state index in [0.29, 0.717) is 10.4 Å². The highest BCUT2D eigenvalue weighted by atomic mass is 79.9. The molecule has 0 aliphatic rings. The third kappa shape index (κ3) is 1.48. The lowest BCUT2D eigenvalue weighted by molar-refractivity contribution is 0.415. The smallest absolute Gasteiger partial charge is 0.176 e. The average Bonchev–Trinajstić information content (AvgIpc) is 2.52. The quantitative estimate of drug-likeness (QED) is 0.848. The van der Waals surface area contributed by atoms with Gasteiger partial charge in [-0.2, -0.15) is 0 Å². The monoisotopic (exact) mass is 272 g/mol. The second-order valence-electron chi connectivity index (χ2n) is 2.88. The maximum atomic E-state index is 9.65. The maximum Gasteiger partial charge on any atom is 0.176 e. The van der Waals surface area contributed by atoms with Gasteiger partial charge in [-0.05, 0) is 18.2 Å². The van der Waals surface area contributed by atoms with Gasteiger partial charge in [0.25, 0.3) is 0 Å². The van der Waals surface area contributed by atoms with Crippen LogP contribution in [0.1, 0.15) is 5.56 Å². The van der Waals surface area contributed by atoms with Crippen LogP contribution < -0.4 is 4.74 Å². The molecule has 0 bridgehead atoms. The van der Waals surface area contributed by atoms with Crippen molar-refractivity contribution < 1.29 is 9.84 Å². The zero-order valence-electron chi connectivity index (χ0n) is 7.58. The molecule has 2 rings (SSSR count). The number of thiophene rings is 1. The number of alkyl halides is 1. The Hall–Kier alpha value is -0.740. The number of hydrogen-bond donors (Lipinski definition) is 1. The molecule has 74 valence electrons. The number of ether oxygens (including phenoxy) is 1. The highest BCUT2D eigenvalue weighted by Crippen LogP contribution is 2.39. The van der Waals surface area contributed by atoms with Crippen LogP contribution in [0.4, 0.5) is 0 Å². The van der Waals surface area contributed by atoms with E-state index in [0.717, 1.165) is 21.4 Å². The first-order valence-corrected chi connectivity index (χ1v) is 6.04. The summed E-state index contributed by atoms with van der Waals surface area (Å²) in [7, 11) is 1.64. The van der Waals surface area contributed by atoms with Gasteiger partial charge in [-0.1, -0.05) is 27.3 Å². The first-order chi connectivity index (χ1) is 6.76. The number of benzene rings is 1. The summed E-state index contributed by atoms with van der Waals surface area (Å²) in [5.41, 5.74) is 0.934. The van der Waals surface area contributed by atoms with E-state index in [1.807, 2.05) is 18.2 Å². The molecule has 2 nitrogen and oxygen atoms in total. The highest BCUT2D eigenvalue weighted by molar-refractivity contribution is 9.08. The van der Waals surface area contributed by atoms with E-state index in [2.05, 4.69) is 15.9 Å². The van der Waals surface area contributed by atoms with Crippen molar-refractivity contribution in [3.63, 3.8) is 0 Å². The third-order valence-electron chi connectivity index (χ3n) is 2.11. The predicted molar refractivity (Wildman–Crippen MR) is 62.7 cm³/mol. The van der Waals surface area contributed by atoms with Crippen molar-refractivity contribution in [2.24, 2.45) is 0 Å². The lowest BCUT2D eigenvalue weighted by atomic mass is 10.2. The normalized spacial score (nSPS) is 10.7. The van der Waals surface area contributed by atoms with E-state index in [1.54, 1.807) is 7.11 Å². The van der Waals surface area contributed by atoms with Gasteiger partial charge in [-0.25, -0.2) is 0 Å². The maximum absolute atomic E-state index is 9.65. The van der Waals surface area contributed by atoms with Gasteiger partial charge in [-0.3, -0.25) is 0 Å². The van der Waals surface area contributed by atoms with Gasteiger partial charge < -0.3 is 9.84 Å². The Morgan fingerprint density at radius 1 is 1.50 bits per heavy atom. The molecule has 0 amide bonds. The zero-order chi connectivity index (χ0) is 10.1. The van der Waals surface area contributed by atoms with Crippen LogP contribution in [0.5, 0.6) is 10.8 Å². The molecular weight excluding hydrogens is 264 g/mol. The zero-order valence-corrected chi connectivity index (χ0v) is 9.98. The van der Waals surface area contributed by atoms with Gasteiger partial charge in [0.2, 0.25) is 0 Å². The molecule has 0 atom stereocenters. The molecule has 0 fully saturated rings. The minimum absolute atomic E-state index is 0.380. The molecule has 1 aromatic carbocycles. The second kappa shape index (κ2) is 3.79. The standard InChI is InChI=1S/C10H9BrO2S/c1-13-6-2-3-9-7(4-6)8(5-11)10(12)14-9/h2-4,12H,5H2,1H3. The fourth-order valence-electron chi connectivity index (χ4n) is 1.37. The number of fused-ring (bicyclic) bond motifs is 1. The summed E-state index contributed by atoms with van der Waals surface area (Å²) in [6, 6.07) is 5.81. The SMILES string of the molecule is COc1ccc2sc(O)c(CBr)c2c1. The number of hydrogen-bond acceptors (Lipinski definition) is 3. The van der Waals surface area contributed by atoms with E-state index in [-0.39, 0.29) is 0 Å². The molecule has 1 heterocycles.